The molecule has 0 bridgehead atoms. The Morgan fingerprint density at radius 1 is 0.879 bits per heavy atom. The Hall–Kier alpha value is -2.84. The van der Waals surface area contributed by atoms with E-state index in [1.807, 2.05) is 0 Å². The van der Waals surface area contributed by atoms with Crippen molar-refractivity contribution in [1.29, 1.82) is 0 Å². The Bertz CT molecular complexity index is 1330. The highest BCUT2D eigenvalue weighted by atomic mass is 79.9. The second kappa shape index (κ2) is 9.57. The first kappa shape index (κ1) is 23.3. The average Bonchev–Trinajstić information content (AvgIpc) is 3.00. The third-order valence-electron chi connectivity index (χ3n) is 4.69. The van der Waals surface area contributed by atoms with E-state index in [-0.39, 0.29) is 10.7 Å². The number of nitrogens with one attached hydrogen (secondary N) is 2. The van der Waals surface area contributed by atoms with Crippen molar-refractivity contribution in [1.82, 2.24) is 0 Å². The first-order valence-corrected chi connectivity index (χ1v) is 11.3. The summed E-state index contributed by atoms with van der Waals surface area (Å²) >= 11 is 21.5. The van der Waals surface area contributed by atoms with Gasteiger partial charge in [-0.3, -0.25) is 14.4 Å². The predicted molar refractivity (Wildman–Crippen MR) is 134 cm³/mol. The molecule has 4 rings (SSSR count). The van der Waals surface area contributed by atoms with E-state index in [2.05, 4.69) is 26.6 Å². The number of anilines is 3. The van der Waals surface area contributed by atoms with Crippen LogP contribution in [0.3, 0.4) is 0 Å². The summed E-state index contributed by atoms with van der Waals surface area (Å²) in [4.78, 5) is 39.2. The Balaban J connectivity index is 1.54. The zero-order valence-corrected chi connectivity index (χ0v) is 20.4. The van der Waals surface area contributed by atoms with Gasteiger partial charge in [-0.15, -0.1) is 0 Å². The van der Waals surface area contributed by atoms with Crippen molar-refractivity contribution in [2.24, 2.45) is 0 Å². The van der Waals surface area contributed by atoms with Crippen LogP contribution >= 0.6 is 50.7 Å². The van der Waals surface area contributed by atoms with E-state index in [1.54, 1.807) is 54.6 Å². The molecule has 0 radical (unpaired) electrons. The second-order valence-electron chi connectivity index (χ2n) is 6.90. The second-order valence-corrected chi connectivity index (χ2v) is 9.03. The van der Waals surface area contributed by atoms with Crippen molar-refractivity contribution in [3.05, 3.63) is 97.5 Å². The standard InChI is InChI=1S/C23H13BrCl3N3O3/c24-13-4-7-16(8-5-13)30-22(32)19(27)20(23(30)33)28-15-3-1-2-12(10-15)21(31)29-18-9-6-14(25)11-17(18)26/h1-11,28H,(H,29,31). The molecule has 0 saturated heterocycles. The van der Waals surface area contributed by atoms with Crippen LogP contribution in [0.4, 0.5) is 17.1 Å². The van der Waals surface area contributed by atoms with Gasteiger partial charge in [-0.25, -0.2) is 4.90 Å². The molecule has 1 aliphatic rings. The molecule has 2 N–H and O–H groups in total. The summed E-state index contributed by atoms with van der Waals surface area (Å²) in [5.74, 6) is -1.67. The van der Waals surface area contributed by atoms with E-state index in [4.69, 9.17) is 34.8 Å². The predicted octanol–water partition coefficient (Wildman–Crippen LogP) is 6.44. The fourth-order valence-corrected chi connectivity index (χ4v) is 4.04. The number of benzene rings is 3. The highest BCUT2D eigenvalue weighted by Crippen LogP contribution is 2.31. The number of carbonyl (C=O) groups is 3. The van der Waals surface area contributed by atoms with Gasteiger partial charge in [-0.2, -0.15) is 0 Å². The van der Waals surface area contributed by atoms with Gasteiger partial charge in [-0.05, 0) is 60.7 Å². The van der Waals surface area contributed by atoms with Crippen molar-refractivity contribution >= 4 is 85.5 Å². The van der Waals surface area contributed by atoms with E-state index in [0.29, 0.717) is 32.7 Å². The van der Waals surface area contributed by atoms with E-state index < -0.39 is 17.7 Å². The maximum Gasteiger partial charge on any atom is 0.283 e. The van der Waals surface area contributed by atoms with E-state index in [9.17, 15) is 14.4 Å². The number of nitrogens with zero attached hydrogens (tertiary/aromatic N) is 1. The lowest BCUT2D eigenvalue weighted by molar-refractivity contribution is -0.120. The number of rotatable bonds is 5. The topological polar surface area (TPSA) is 78.5 Å². The van der Waals surface area contributed by atoms with Crippen molar-refractivity contribution in [2.75, 3.05) is 15.5 Å². The molecule has 1 heterocycles. The van der Waals surface area contributed by atoms with Crippen LogP contribution in [0.1, 0.15) is 10.4 Å². The van der Waals surface area contributed by atoms with Gasteiger partial charge in [-0.1, -0.05) is 56.8 Å². The van der Waals surface area contributed by atoms with Crippen LogP contribution < -0.4 is 15.5 Å². The first-order chi connectivity index (χ1) is 15.7. The highest BCUT2D eigenvalue weighted by Gasteiger charge is 2.39. The molecule has 0 spiro atoms. The molecule has 0 atom stereocenters. The van der Waals surface area contributed by atoms with Crippen LogP contribution in [0.2, 0.25) is 10.0 Å². The maximum atomic E-state index is 12.9. The minimum atomic E-state index is -0.641. The fraction of sp³-hybridized carbons (Fsp3) is 0. The molecule has 33 heavy (non-hydrogen) atoms. The molecule has 166 valence electrons. The minimum Gasteiger partial charge on any atom is -0.350 e. The van der Waals surface area contributed by atoms with Gasteiger partial charge in [0.05, 0.1) is 16.4 Å². The average molecular weight is 566 g/mol. The SMILES string of the molecule is O=C(Nc1ccc(Cl)cc1Cl)c1cccc(NC2=C(Cl)C(=O)N(c3ccc(Br)cc3)C2=O)c1. The number of hydrogen-bond donors (Lipinski definition) is 2. The maximum absolute atomic E-state index is 12.9. The van der Waals surface area contributed by atoms with Crippen LogP contribution in [0.5, 0.6) is 0 Å². The molecule has 0 fully saturated rings. The molecular formula is C23H13BrCl3N3O3. The van der Waals surface area contributed by atoms with Gasteiger partial charge in [0.2, 0.25) is 0 Å². The third kappa shape index (κ3) is 4.91. The number of carbonyl (C=O) groups excluding carboxylic acids is 3. The van der Waals surface area contributed by atoms with Gasteiger partial charge in [0.25, 0.3) is 17.7 Å². The van der Waals surface area contributed by atoms with E-state index in [1.165, 1.54) is 12.1 Å². The molecule has 3 aromatic rings. The zero-order valence-electron chi connectivity index (χ0n) is 16.5. The van der Waals surface area contributed by atoms with Gasteiger partial charge in [0.15, 0.2) is 0 Å². The molecule has 0 aliphatic carbocycles. The lowest BCUT2D eigenvalue weighted by atomic mass is 10.1. The summed E-state index contributed by atoms with van der Waals surface area (Å²) in [5, 5.41) is 6.06. The molecule has 3 aromatic carbocycles. The van der Waals surface area contributed by atoms with Crippen molar-refractivity contribution in [3.63, 3.8) is 0 Å². The van der Waals surface area contributed by atoms with Crippen molar-refractivity contribution < 1.29 is 14.4 Å². The summed E-state index contributed by atoms with van der Waals surface area (Å²) in [7, 11) is 0. The molecule has 1 aliphatic heterocycles. The Kier molecular flexibility index (Phi) is 6.76. The fourth-order valence-electron chi connectivity index (χ4n) is 3.10. The minimum absolute atomic E-state index is 0.0807. The summed E-state index contributed by atoms with van der Waals surface area (Å²) < 4.78 is 0.803. The molecule has 10 heteroatoms. The van der Waals surface area contributed by atoms with Gasteiger partial charge in [0.1, 0.15) is 10.7 Å². The first-order valence-electron chi connectivity index (χ1n) is 9.42. The number of imide groups is 1. The molecule has 0 aromatic heterocycles. The third-order valence-corrected chi connectivity index (χ3v) is 6.11. The summed E-state index contributed by atoms with van der Waals surface area (Å²) in [6, 6.07) is 17.8. The lowest BCUT2D eigenvalue weighted by Gasteiger charge is -2.15. The molecule has 0 saturated carbocycles. The summed E-state index contributed by atoms with van der Waals surface area (Å²) in [6.45, 7) is 0. The highest BCUT2D eigenvalue weighted by molar-refractivity contribution is 9.10. The largest absolute Gasteiger partial charge is 0.350 e. The molecule has 0 unspecified atom stereocenters. The lowest BCUT2D eigenvalue weighted by Crippen LogP contribution is -2.32. The number of halogens is 4. The monoisotopic (exact) mass is 563 g/mol. The van der Waals surface area contributed by atoms with Crippen LogP contribution in [-0.4, -0.2) is 17.7 Å². The van der Waals surface area contributed by atoms with Crippen molar-refractivity contribution in [3.8, 4) is 0 Å². The van der Waals surface area contributed by atoms with E-state index in [0.717, 1.165) is 9.37 Å². The normalized spacial score (nSPS) is 13.5. The number of amides is 3. The van der Waals surface area contributed by atoms with Gasteiger partial charge >= 0.3 is 0 Å². The Morgan fingerprint density at radius 2 is 1.61 bits per heavy atom. The zero-order chi connectivity index (χ0) is 23.7. The molecule has 3 amide bonds. The van der Waals surface area contributed by atoms with E-state index >= 15 is 0 Å². The van der Waals surface area contributed by atoms with Crippen molar-refractivity contribution in [2.45, 2.75) is 0 Å². The quantitative estimate of drug-likeness (QED) is 0.349. The smallest absolute Gasteiger partial charge is 0.283 e. The molecule has 6 nitrogen and oxygen atoms in total. The van der Waals surface area contributed by atoms with Crippen LogP contribution in [0, 0.1) is 0 Å². The van der Waals surface area contributed by atoms with Gasteiger partial charge in [0, 0.05) is 20.7 Å². The summed E-state index contributed by atoms with van der Waals surface area (Å²) in [6.07, 6.45) is 0. The Labute approximate surface area is 212 Å². The van der Waals surface area contributed by atoms with Gasteiger partial charge < -0.3 is 10.6 Å². The van der Waals surface area contributed by atoms with Crippen LogP contribution in [0.25, 0.3) is 0 Å². The molecular weight excluding hydrogens is 553 g/mol. The van der Waals surface area contributed by atoms with Crippen LogP contribution in [-0.2, 0) is 9.59 Å². The summed E-state index contributed by atoms with van der Waals surface area (Å²) in [5.41, 5.74) is 1.40. The Morgan fingerprint density at radius 3 is 2.30 bits per heavy atom. The van der Waals surface area contributed by atoms with Crippen LogP contribution in [0.15, 0.2) is 81.9 Å². The number of hydrogen-bond acceptors (Lipinski definition) is 4.